The molecule has 3 nitrogen and oxygen atoms in total. The summed E-state index contributed by atoms with van der Waals surface area (Å²) in [5.41, 5.74) is 2.72. The molecule has 0 saturated carbocycles. The fraction of sp³-hybridized carbons (Fsp3) is 0.389. The van der Waals surface area contributed by atoms with Gasteiger partial charge in [0.1, 0.15) is 0 Å². The highest BCUT2D eigenvalue weighted by atomic mass is 14.9. The van der Waals surface area contributed by atoms with E-state index in [1.807, 2.05) is 24.4 Å². The average Bonchev–Trinajstić information content (AvgIpc) is 2.55. The number of aromatic nitrogens is 2. The van der Waals surface area contributed by atoms with Gasteiger partial charge in [-0.05, 0) is 43.2 Å². The Labute approximate surface area is 126 Å². The Balaban J connectivity index is 1.98. The van der Waals surface area contributed by atoms with Crippen molar-refractivity contribution in [3.63, 3.8) is 0 Å². The first kappa shape index (κ1) is 15.2. The van der Waals surface area contributed by atoms with Crippen molar-refractivity contribution < 1.29 is 0 Å². The lowest BCUT2D eigenvalue weighted by atomic mass is 10.1. The van der Waals surface area contributed by atoms with E-state index in [1.165, 1.54) is 32.1 Å². The second-order valence-electron chi connectivity index (χ2n) is 5.22. The summed E-state index contributed by atoms with van der Waals surface area (Å²) in [6, 6.07) is 11.5. The van der Waals surface area contributed by atoms with Crippen LogP contribution in [-0.4, -0.2) is 9.97 Å². The zero-order valence-electron chi connectivity index (χ0n) is 12.5. The largest absolute Gasteiger partial charge is 0.237 e. The number of benzene rings is 1. The third-order valence-electron chi connectivity index (χ3n) is 3.52. The Bertz CT molecular complexity index is 597. The molecule has 0 aliphatic heterocycles. The number of nitriles is 1. The first-order chi connectivity index (χ1) is 10.3. The summed E-state index contributed by atoms with van der Waals surface area (Å²) in [5.74, 6) is 0.741. The van der Waals surface area contributed by atoms with Crippen molar-refractivity contribution in [1.29, 1.82) is 5.26 Å². The molecule has 0 amide bonds. The van der Waals surface area contributed by atoms with E-state index in [-0.39, 0.29) is 0 Å². The number of aryl methyl sites for hydroxylation is 1. The van der Waals surface area contributed by atoms with Crippen LogP contribution in [-0.2, 0) is 6.42 Å². The molecule has 108 valence electrons. The summed E-state index contributed by atoms with van der Waals surface area (Å²) < 4.78 is 0. The van der Waals surface area contributed by atoms with Gasteiger partial charge in [0.25, 0.3) is 0 Å². The van der Waals surface area contributed by atoms with Gasteiger partial charge >= 0.3 is 0 Å². The summed E-state index contributed by atoms with van der Waals surface area (Å²) in [6.45, 7) is 2.23. The van der Waals surface area contributed by atoms with Crippen LogP contribution in [0.15, 0.2) is 36.5 Å². The molecule has 1 aromatic heterocycles. The first-order valence-corrected chi connectivity index (χ1v) is 7.66. The molecule has 0 aliphatic carbocycles. The van der Waals surface area contributed by atoms with Crippen molar-refractivity contribution in [2.45, 2.75) is 45.4 Å². The highest BCUT2D eigenvalue weighted by Crippen LogP contribution is 2.16. The van der Waals surface area contributed by atoms with Gasteiger partial charge in [0.05, 0.1) is 11.6 Å². The normalized spacial score (nSPS) is 10.3. The Morgan fingerprint density at radius 1 is 1.00 bits per heavy atom. The van der Waals surface area contributed by atoms with E-state index in [0.717, 1.165) is 23.5 Å². The number of nitrogens with zero attached hydrogens (tertiary/aromatic N) is 3. The van der Waals surface area contributed by atoms with Crippen LogP contribution in [0.25, 0.3) is 11.4 Å². The quantitative estimate of drug-likeness (QED) is 0.700. The number of hydrogen-bond donors (Lipinski definition) is 0. The molecular weight excluding hydrogens is 258 g/mol. The summed E-state index contributed by atoms with van der Waals surface area (Å²) in [7, 11) is 0. The van der Waals surface area contributed by atoms with Crippen LogP contribution in [0.5, 0.6) is 0 Å². The maximum absolute atomic E-state index is 8.82. The minimum atomic E-state index is 0.658. The fourth-order valence-corrected chi connectivity index (χ4v) is 2.28. The van der Waals surface area contributed by atoms with E-state index in [9.17, 15) is 0 Å². The van der Waals surface area contributed by atoms with Crippen molar-refractivity contribution in [2.75, 3.05) is 0 Å². The van der Waals surface area contributed by atoms with Crippen molar-refractivity contribution in [1.82, 2.24) is 9.97 Å². The van der Waals surface area contributed by atoms with Crippen LogP contribution in [0, 0.1) is 11.3 Å². The molecular formula is C18H21N3. The van der Waals surface area contributed by atoms with Gasteiger partial charge in [-0.3, -0.25) is 0 Å². The highest BCUT2D eigenvalue weighted by molar-refractivity contribution is 5.56. The molecule has 2 aromatic rings. The molecule has 0 bridgehead atoms. The van der Waals surface area contributed by atoms with Crippen molar-refractivity contribution in [3.8, 4) is 17.5 Å². The molecule has 1 aromatic carbocycles. The van der Waals surface area contributed by atoms with E-state index in [4.69, 9.17) is 5.26 Å². The predicted molar refractivity (Wildman–Crippen MR) is 84.6 cm³/mol. The summed E-state index contributed by atoms with van der Waals surface area (Å²) in [5, 5.41) is 8.82. The monoisotopic (exact) mass is 279 g/mol. The smallest absolute Gasteiger partial charge is 0.159 e. The van der Waals surface area contributed by atoms with Gasteiger partial charge in [0.15, 0.2) is 5.82 Å². The van der Waals surface area contributed by atoms with Crippen molar-refractivity contribution >= 4 is 0 Å². The van der Waals surface area contributed by atoms with Gasteiger partial charge in [0, 0.05) is 17.5 Å². The molecule has 0 aliphatic rings. The van der Waals surface area contributed by atoms with Crippen molar-refractivity contribution in [2.24, 2.45) is 0 Å². The highest BCUT2D eigenvalue weighted by Gasteiger charge is 2.03. The molecule has 0 unspecified atom stereocenters. The summed E-state index contributed by atoms with van der Waals surface area (Å²) in [6.07, 6.45) is 9.19. The van der Waals surface area contributed by atoms with Crippen LogP contribution in [0.3, 0.4) is 0 Å². The number of rotatable bonds is 7. The van der Waals surface area contributed by atoms with Crippen LogP contribution in [0.1, 0.15) is 50.3 Å². The maximum atomic E-state index is 8.82. The second-order valence-corrected chi connectivity index (χ2v) is 5.22. The Hall–Kier alpha value is -2.21. The third-order valence-corrected chi connectivity index (χ3v) is 3.52. The third kappa shape index (κ3) is 4.68. The van der Waals surface area contributed by atoms with Gasteiger partial charge in [-0.1, -0.05) is 32.6 Å². The second kappa shape index (κ2) is 8.16. The standard InChI is InChI=1S/C18H21N3/c1-2-3-4-5-6-7-17-12-13-20-18(21-17)16-10-8-15(14-19)9-11-16/h8-13H,2-7H2,1H3. The molecule has 0 atom stereocenters. The van der Waals surface area contributed by atoms with Gasteiger partial charge < -0.3 is 0 Å². The van der Waals surface area contributed by atoms with Gasteiger partial charge in [0.2, 0.25) is 0 Å². The van der Waals surface area contributed by atoms with Crippen LogP contribution < -0.4 is 0 Å². The van der Waals surface area contributed by atoms with Crippen molar-refractivity contribution in [3.05, 3.63) is 47.8 Å². The lowest BCUT2D eigenvalue weighted by Crippen LogP contribution is -1.95. The lowest BCUT2D eigenvalue weighted by molar-refractivity contribution is 0.628. The minimum absolute atomic E-state index is 0.658. The molecule has 3 heteroatoms. The Kier molecular flexibility index (Phi) is 5.90. The molecule has 0 radical (unpaired) electrons. The zero-order chi connectivity index (χ0) is 14.9. The number of unbranched alkanes of at least 4 members (excludes halogenated alkanes) is 4. The molecule has 2 rings (SSSR count). The van der Waals surface area contributed by atoms with Crippen LogP contribution in [0.4, 0.5) is 0 Å². The van der Waals surface area contributed by atoms with E-state index in [0.29, 0.717) is 5.56 Å². The summed E-state index contributed by atoms with van der Waals surface area (Å²) in [4.78, 5) is 8.95. The van der Waals surface area contributed by atoms with Gasteiger partial charge in [-0.15, -0.1) is 0 Å². The maximum Gasteiger partial charge on any atom is 0.159 e. The zero-order valence-corrected chi connectivity index (χ0v) is 12.5. The minimum Gasteiger partial charge on any atom is -0.237 e. The van der Waals surface area contributed by atoms with E-state index < -0.39 is 0 Å². The molecule has 21 heavy (non-hydrogen) atoms. The Morgan fingerprint density at radius 2 is 1.76 bits per heavy atom. The molecule has 0 spiro atoms. The molecule has 0 fully saturated rings. The molecule has 1 heterocycles. The first-order valence-electron chi connectivity index (χ1n) is 7.66. The molecule has 0 saturated heterocycles. The van der Waals surface area contributed by atoms with Crippen LogP contribution in [0.2, 0.25) is 0 Å². The fourth-order valence-electron chi connectivity index (χ4n) is 2.28. The van der Waals surface area contributed by atoms with E-state index in [2.05, 4.69) is 23.0 Å². The van der Waals surface area contributed by atoms with E-state index in [1.54, 1.807) is 12.1 Å². The topological polar surface area (TPSA) is 49.6 Å². The Morgan fingerprint density at radius 3 is 2.48 bits per heavy atom. The van der Waals surface area contributed by atoms with Gasteiger partial charge in [-0.25, -0.2) is 9.97 Å². The van der Waals surface area contributed by atoms with E-state index >= 15 is 0 Å². The van der Waals surface area contributed by atoms with Crippen LogP contribution >= 0.6 is 0 Å². The SMILES string of the molecule is CCCCCCCc1ccnc(-c2ccc(C#N)cc2)n1. The van der Waals surface area contributed by atoms with Gasteiger partial charge in [-0.2, -0.15) is 5.26 Å². The average molecular weight is 279 g/mol. The predicted octanol–water partition coefficient (Wildman–Crippen LogP) is 4.53. The summed E-state index contributed by atoms with van der Waals surface area (Å²) >= 11 is 0. The number of hydrogen-bond acceptors (Lipinski definition) is 3. The lowest BCUT2D eigenvalue weighted by Gasteiger charge is -2.04. The molecule has 0 N–H and O–H groups in total.